The van der Waals surface area contributed by atoms with Crippen LogP contribution in [0.25, 0.3) is 0 Å². The summed E-state index contributed by atoms with van der Waals surface area (Å²) in [6.07, 6.45) is 0. The van der Waals surface area contributed by atoms with Gasteiger partial charge in [0.05, 0.1) is 7.11 Å². The average molecular weight is 428 g/mol. The van der Waals surface area contributed by atoms with E-state index in [0.29, 0.717) is 0 Å². The third kappa shape index (κ3) is 2.63. The zero-order chi connectivity index (χ0) is 22.5. The number of nitrogens with zero attached hydrogens (tertiary/aromatic N) is 1. The summed E-state index contributed by atoms with van der Waals surface area (Å²) in [5.74, 6) is -4.87. The first kappa shape index (κ1) is 20.2. The monoisotopic (exact) mass is 428 g/mol. The summed E-state index contributed by atoms with van der Waals surface area (Å²) in [6.45, 7) is -1.41. The number of benzene rings is 1. The van der Waals surface area contributed by atoms with Gasteiger partial charge in [-0.3, -0.25) is 19.3 Å². The van der Waals surface area contributed by atoms with Gasteiger partial charge in [-0.05, 0) is 6.07 Å². The van der Waals surface area contributed by atoms with Gasteiger partial charge in [0.2, 0.25) is 17.1 Å². The maximum Gasteiger partial charge on any atom is 0.341 e. The van der Waals surface area contributed by atoms with Gasteiger partial charge in [0.25, 0.3) is 5.91 Å². The molecule has 3 heterocycles. The Morgan fingerprint density at radius 1 is 1.26 bits per heavy atom. The van der Waals surface area contributed by atoms with Crippen molar-refractivity contribution >= 4 is 23.5 Å². The van der Waals surface area contributed by atoms with Crippen LogP contribution in [0.1, 0.15) is 17.1 Å². The Labute approximate surface area is 173 Å². The molecule has 1 spiro atoms. The van der Waals surface area contributed by atoms with Crippen LogP contribution in [0, 0.1) is 0 Å². The van der Waals surface area contributed by atoms with Crippen molar-refractivity contribution in [3.8, 4) is 5.75 Å². The first-order chi connectivity index (χ1) is 14.8. The van der Waals surface area contributed by atoms with E-state index in [2.05, 4.69) is 0 Å². The summed E-state index contributed by atoms with van der Waals surface area (Å²) in [5, 5.41) is 18.9. The maximum atomic E-state index is 13.8. The number of hydrogen-bond donors (Lipinski definition) is 3. The van der Waals surface area contributed by atoms with E-state index in [9.17, 15) is 29.4 Å². The summed E-state index contributed by atoms with van der Waals surface area (Å²) in [5.41, 5.74) is 2.92. The number of fused-ring (bicyclic) bond motifs is 4. The molecular formula is C20H16N2O9. The van der Waals surface area contributed by atoms with Crippen molar-refractivity contribution in [1.82, 2.24) is 0 Å². The van der Waals surface area contributed by atoms with Gasteiger partial charge in [-0.25, -0.2) is 4.79 Å². The zero-order valence-corrected chi connectivity index (χ0v) is 16.1. The van der Waals surface area contributed by atoms with Crippen LogP contribution >= 0.6 is 0 Å². The van der Waals surface area contributed by atoms with Gasteiger partial charge in [-0.1, -0.05) is 18.2 Å². The van der Waals surface area contributed by atoms with E-state index >= 15 is 0 Å². The predicted octanol–water partition coefficient (Wildman–Crippen LogP) is -0.415. The minimum Gasteiger partial charge on any atom is -0.480 e. The zero-order valence-electron chi connectivity index (χ0n) is 16.1. The van der Waals surface area contributed by atoms with E-state index in [4.69, 9.17) is 19.6 Å². The fourth-order valence-electron chi connectivity index (χ4n) is 3.97. The topological polar surface area (TPSA) is 170 Å². The molecule has 0 aliphatic carbocycles. The van der Waals surface area contributed by atoms with E-state index in [1.807, 2.05) is 0 Å². The fourth-order valence-corrected chi connectivity index (χ4v) is 3.97. The smallest absolute Gasteiger partial charge is 0.341 e. The van der Waals surface area contributed by atoms with Gasteiger partial charge >= 0.3 is 11.9 Å². The van der Waals surface area contributed by atoms with Gasteiger partial charge in [-0.15, -0.1) is 0 Å². The largest absolute Gasteiger partial charge is 0.480 e. The highest BCUT2D eigenvalue weighted by atomic mass is 16.5. The van der Waals surface area contributed by atoms with Crippen molar-refractivity contribution in [2.75, 3.05) is 18.6 Å². The number of aliphatic hydroxyl groups is 1. The number of carboxylic acids is 1. The number of rotatable bonds is 4. The molecule has 2 aliphatic heterocycles. The molecule has 2 aliphatic rings. The second-order valence-corrected chi connectivity index (χ2v) is 6.78. The number of carbonyl (C=O) groups excluding carboxylic acids is 2. The van der Waals surface area contributed by atoms with Crippen LogP contribution in [0.3, 0.4) is 0 Å². The quantitative estimate of drug-likeness (QED) is 0.544. The van der Waals surface area contributed by atoms with Gasteiger partial charge in [-0.2, -0.15) is 0 Å². The van der Waals surface area contributed by atoms with E-state index in [1.165, 1.54) is 12.1 Å². The Bertz CT molecular complexity index is 1230. The van der Waals surface area contributed by atoms with Crippen LogP contribution in [0.5, 0.6) is 5.75 Å². The van der Waals surface area contributed by atoms with Gasteiger partial charge in [0.1, 0.15) is 24.5 Å². The Kier molecular flexibility index (Phi) is 4.55. The molecule has 1 unspecified atom stereocenters. The molecule has 1 atom stereocenters. The number of para-hydroxylation sites is 1. The lowest BCUT2D eigenvalue weighted by Gasteiger charge is -2.34. The van der Waals surface area contributed by atoms with Crippen LogP contribution in [-0.2, 0) is 31.1 Å². The maximum absolute atomic E-state index is 13.8. The van der Waals surface area contributed by atoms with Crippen molar-refractivity contribution < 1.29 is 38.5 Å². The minimum atomic E-state index is -2.15. The standard InChI is InChI=1S/C20H16N2O9/c1-29-18(27)14-17(21)31-15-12(24)6-9(8-23)30-16(15)20(14)10-4-2-3-5-11(10)22(19(20)28)7-13(25)26/h2-6,23H,7-8,21H2,1H3,(H,25,26). The number of amides is 1. The van der Waals surface area contributed by atoms with Gasteiger partial charge in [0.15, 0.2) is 11.2 Å². The van der Waals surface area contributed by atoms with E-state index in [1.54, 1.807) is 12.1 Å². The lowest BCUT2D eigenvalue weighted by Crippen LogP contribution is -2.50. The van der Waals surface area contributed by atoms with Gasteiger partial charge < -0.3 is 29.8 Å². The molecule has 0 saturated heterocycles. The molecule has 4 N–H and O–H groups in total. The molecule has 0 bridgehead atoms. The van der Waals surface area contributed by atoms with Crippen molar-refractivity contribution in [2.24, 2.45) is 5.73 Å². The summed E-state index contributed by atoms with van der Waals surface area (Å²) in [7, 11) is 1.06. The molecule has 0 radical (unpaired) electrons. The molecule has 11 heteroatoms. The molecule has 31 heavy (non-hydrogen) atoms. The molecule has 1 aromatic heterocycles. The highest BCUT2D eigenvalue weighted by molar-refractivity contribution is 6.19. The molecule has 0 fully saturated rings. The molecule has 4 rings (SSSR count). The number of carbonyl (C=O) groups is 3. The number of hydrogen-bond acceptors (Lipinski definition) is 9. The fraction of sp³-hybridized carbons (Fsp3) is 0.200. The highest BCUT2D eigenvalue weighted by Gasteiger charge is 2.63. The van der Waals surface area contributed by atoms with Crippen LogP contribution in [0.15, 0.2) is 51.0 Å². The van der Waals surface area contributed by atoms with Crippen LogP contribution in [0.4, 0.5) is 5.69 Å². The molecular weight excluding hydrogens is 412 g/mol. The summed E-state index contributed by atoms with van der Waals surface area (Å²) in [6, 6.07) is 7.06. The van der Waals surface area contributed by atoms with Crippen LogP contribution in [0.2, 0.25) is 0 Å². The van der Waals surface area contributed by atoms with Gasteiger partial charge in [0, 0.05) is 17.3 Å². The summed E-state index contributed by atoms with van der Waals surface area (Å²) in [4.78, 5) is 51.6. The Morgan fingerprint density at radius 3 is 2.61 bits per heavy atom. The van der Waals surface area contributed by atoms with Crippen molar-refractivity contribution in [3.63, 3.8) is 0 Å². The molecule has 1 aromatic carbocycles. The molecule has 0 saturated carbocycles. The van der Waals surface area contributed by atoms with Crippen LogP contribution in [-0.4, -0.2) is 41.7 Å². The molecule has 2 aromatic rings. The Morgan fingerprint density at radius 2 is 1.97 bits per heavy atom. The SMILES string of the molecule is COC(=O)C1=C(N)Oc2c(oc(CO)cc2=O)C12C(=O)N(CC(=O)O)c1ccccc12. The number of methoxy groups -OCH3 is 1. The minimum absolute atomic E-state index is 0.146. The highest BCUT2D eigenvalue weighted by Crippen LogP contribution is 2.54. The second-order valence-electron chi connectivity index (χ2n) is 6.78. The lowest BCUT2D eigenvalue weighted by molar-refractivity contribution is -0.139. The molecule has 11 nitrogen and oxygen atoms in total. The first-order valence-electron chi connectivity index (χ1n) is 8.95. The second kappa shape index (κ2) is 6.99. The normalized spacial score (nSPS) is 19.2. The van der Waals surface area contributed by atoms with E-state index in [-0.39, 0.29) is 17.0 Å². The number of anilines is 1. The Hall–Kier alpha value is -4.12. The lowest BCUT2D eigenvalue weighted by atomic mass is 9.71. The van der Waals surface area contributed by atoms with Crippen molar-refractivity contribution in [3.05, 3.63) is 69.1 Å². The van der Waals surface area contributed by atoms with Crippen molar-refractivity contribution in [1.29, 1.82) is 0 Å². The summed E-state index contributed by atoms with van der Waals surface area (Å²) < 4.78 is 15.8. The van der Waals surface area contributed by atoms with Crippen molar-refractivity contribution in [2.45, 2.75) is 12.0 Å². The first-order valence-corrected chi connectivity index (χ1v) is 8.95. The number of ether oxygens (including phenoxy) is 2. The average Bonchev–Trinajstić information content (AvgIpc) is 2.97. The number of nitrogens with two attached hydrogens (primary N) is 1. The predicted molar refractivity (Wildman–Crippen MR) is 102 cm³/mol. The van der Waals surface area contributed by atoms with Crippen LogP contribution < -0.4 is 20.8 Å². The Balaban J connectivity index is 2.17. The number of aliphatic carboxylic acids is 1. The summed E-state index contributed by atoms with van der Waals surface area (Å²) >= 11 is 0. The van der Waals surface area contributed by atoms with E-state index in [0.717, 1.165) is 18.1 Å². The third-order valence-electron chi connectivity index (χ3n) is 5.13. The van der Waals surface area contributed by atoms with E-state index < -0.39 is 64.8 Å². The number of esters is 1. The molecule has 160 valence electrons. The number of aliphatic hydroxyl groups excluding tert-OH is 1. The third-order valence-corrected chi connectivity index (χ3v) is 5.13. The number of carboxylic acid groups (broad SMARTS) is 1. The molecule has 1 amide bonds.